The molecule has 0 aromatic carbocycles. The number of anilines is 1. The van der Waals surface area contributed by atoms with Gasteiger partial charge in [0, 0.05) is 43.7 Å². The van der Waals surface area contributed by atoms with Gasteiger partial charge in [-0.1, -0.05) is 27.2 Å². The van der Waals surface area contributed by atoms with Gasteiger partial charge in [-0.3, -0.25) is 4.79 Å². The lowest BCUT2D eigenvalue weighted by Gasteiger charge is -2.40. The zero-order valence-electron chi connectivity index (χ0n) is 15.5. The van der Waals surface area contributed by atoms with Gasteiger partial charge in [0.25, 0.3) is 0 Å². The van der Waals surface area contributed by atoms with Crippen LogP contribution >= 0.6 is 0 Å². The molecule has 1 unspecified atom stereocenters. The maximum atomic E-state index is 12.5. The molecule has 0 radical (unpaired) electrons. The molecule has 2 heterocycles. The SMILES string of the molecule is CN(C(=O)C1CCC1)C1CCCN(c2ccnc(C(C)(C)C)n2)C1. The summed E-state index contributed by atoms with van der Waals surface area (Å²) < 4.78 is 0. The minimum Gasteiger partial charge on any atom is -0.354 e. The van der Waals surface area contributed by atoms with Crippen molar-refractivity contribution in [3.05, 3.63) is 18.1 Å². The van der Waals surface area contributed by atoms with Gasteiger partial charge in [0.15, 0.2) is 0 Å². The van der Waals surface area contributed by atoms with E-state index in [1.807, 2.05) is 24.2 Å². The lowest BCUT2D eigenvalue weighted by atomic mass is 9.84. The molecule has 1 aliphatic heterocycles. The van der Waals surface area contributed by atoms with Gasteiger partial charge >= 0.3 is 0 Å². The maximum absolute atomic E-state index is 12.5. The first-order chi connectivity index (χ1) is 11.4. The van der Waals surface area contributed by atoms with Gasteiger partial charge in [-0.25, -0.2) is 9.97 Å². The highest BCUT2D eigenvalue weighted by Crippen LogP contribution is 2.30. The number of carbonyl (C=O) groups is 1. The van der Waals surface area contributed by atoms with Crippen LogP contribution < -0.4 is 4.90 Å². The van der Waals surface area contributed by atoms with Crippen molar-refractivity contribution >= 4 is 11.7 Å². The van der Waals surface area contributed by atoms with Crippen molar-refractivity contribution in [3.8, 4) is 0 Å². The molecule has 132 valence electrons. The van der Waals surface area contributed by atoms with Crippen LogP contribution in [0.5, 0.6) is 0 Å². The van der Waals surface area contributed by atoms with Crippen molar-refractivity contribution in [1.82, 2.24) is 14.9 Å². The molecule has 1 aliphatic carbocycles. The smallest absolute Gasteiger partial charge is 0.225 e. The van der Waals surface area contributed by atoms with Crippen molar-refractivity contribution in [1.29, 1.82) is 0 Å². The van der Waals surface area contributed by atoms with E-state index in [0.717, 1.165) is 50.4 Å². The molecule has 5 nitrogen and oxygen atoms in total. The zero-order chi connectivity index (χ0) is 17.3. The van der Waals surface area contributed by atoms with Gasteiger partial charge in [0.1, 0.15) is 11.6 Å². The second-order valence-electron chi connectivity index (χ2n) is 8.31. The molecular formula is C19H30N4O. The maximum Gasteiger partial charge on any atom is 0.225 e. The predicted molar refractivity (Wildman–Crippen MR) is 96.1 cm³/mol. The fourth-order valence-corrected chi connectivity index (χ4v) is 3.49. The number of hydrogen-bond donors (Lipinski definition) is 0. The van der Waals surface area contributed by atoms with Gasteiger partial charge in [0.05, 0.1) is 0 Å². The highest BCUT2D eigenvalue weighted by molar-refractivity contribution is 5.79. The Morgan fingerprint density at radius 1 is 1.25 bits per heavy atom. The van der Waals surface area contributed by atoms with Crippen LogP contribution in [0, 0.1) is 5.92 Å². The van der Waals surface area contributed by atoms with Crippen molar-refractivity contribution in [3.63, 3.8) is 0 Å². The van der Waals surface area contributed by atoms with Gasteiger partial charge < -0.3 is 9.80 Å². The van der Waals surface area contributed by atoms with E-state index in [1.54, 1.807) is 0 Å². The van der Waals surface area contributed by atoms with Gasteiger partial charge in [-0.2, -0.15) is 0 Å². The fraction of sp³-hybridized carbons (Fsp3) is 0.737. The summed E-state index contributed by atoms with van der Waals surface area (Å²) in [5.41, 5.74) is -0.0534. The van der Waals surface area contributed by atoms with E-state index in [4.69, 9.17) is 4.98 Å². The van der Waals surface area contributed by atoms with Crippen LogP contribution in [0.2, 0.25) is 0 Å². The first-order valence-electron chi connectivity index (χ1n) is 9.21. The van der Waals surface area contributed by atoms with Crippen molar-refractivity contribution < 1.29 is 4.79 Å². The van der Waals surface area contributed by atoms with Crippen LogP contribution in [0.4, 0.5) is 5.82 Å². The van der Waals surface area contributed by atoms with E-state index >= 15 is 0 Å². The molecule has 24 heavy (non-hydrogen) atoms. The summed E-state index contributed by atoms with van der Waals surface area (Å²) in [5, 5.41) is 0. The third-order valence-corrected chi connectivity index (χ3v) is 5.38. The van der Waals surface area contributed by atoms with Crippen LogP contribution in [0.25, 0.3) is 0 Å². The topological polar surface area (TPSA) is 49.3 Å². The number of nitrogens with zero attached hydrogens (tertiary/aromatic N) is 4. The highest BCUT2D eigenvalue weighted by atomic mass is 16.2. The standard InChI is InChI=1S/C19H30N4O/c1-19(2,3)18-20-11-10-16(21-18)23-12-6-9-15(13-23)22(4)17(24)14-7-5-8-14/h10-11,14-15H,5-9,12-13H2,1-4H3. The van der Waals surface area contributed by atoms with E-state index in [0.29, 0.717) is 11.9 Å². The third-order valence-electron chi connectivity index (χ3n) is 5.38. The molecule has 2 fully saturated rings. The van der Waals surface area contributed by atoms with Crippen molar-refractivity contribution in [2.24, 2.45) is 5.92 Å². The molecule has 1 atom stereocenters. The van der Waals surface area contributed by atoms with Gasteiger partial charge in [-0.05, 0) is 31.7 Å². The molecular weight excluding hydrogens is 300 g/mol. The number of amides is 1. The lowest BCUT2D eigenvalue weighted by Crippen LogP contribution is -2.51. The van der Waals surface area contributed by atoms with Crippen LogP contribution in [-0.2, 0) is 10.2 Å². The quantitative estimate of drug-likeness (QED) is 0.855. The molecule has 1 aromatic rings. The molecule has 0 N–H and O–H groups in total. The third kappa shape index (κ3) is 3.55. The van der Waals surface area contributed by atoms with Crippen molar-refractivity contribution in [2.45, 2.75) is 64.3 Å². The Kier molecular flexibility index (Phi) is 4.79. The number of hydrogen-bond acceptors (Lipinski definition) is 4. The number of likely N-dealkylation sites (N-methyl/N-ethyl adjacent to an activating group) is 1. The summed E-state index contributed by atoms with van der Waals surface area (Å²) in [6, 6.07) is 2.28. The second kappa shape index (κ2) is 6.69. The Balaban J connectivity index is 1.70. The Morgan fingerprint density at radius 2 is 2.00 bits per heavy atom. The molecule has 2 aliphatic rings. The average Bonchev–Trinajstić information content (AvgIpc) is 2.52. The average molecular weight is 330 g/mol. The molecule has 0 bridgehead atoms. The Labute approximate surface area is 145 Å². The number of carbonyl (C=O) groups excluding carboxylic acids is 1. The van der Waals surface area contributed by atoms with E-state index in [-0.39, 0.29) is 11.3 Å². The summed E-state index contributed by atoms with van der Waals surface area (Å²) in [6.45, 7) is 8.28. The van der Waals surface area contributed by atoms with Crippen LogP contribution in [0.1, 0.15) is 58.7 Å². The summed E-state index contributed by atoms with van der Waals surface area (Å²) >= 11 is 0. The first kappa shape index (κ1) is 17.2. The molecule has 1 saturated heterocycles. The largest absolute Gasteiger partial charge is 0.354 e. The number of piperidine rings is 1. The number of rotatable bonds is 3. The highest BCUT2D eigenvalue weighted by Gasteiger charge is 2.33. The molecule has 1 saturated carbocycles. The molecule has 3 rings (SSSR count). The summed E-state index contributed by atoms with van der Waals surface area (Å²) in [7, 11) is 1.98. The monoisotopic (exact) mass is 330 g/mol. The van der Waals surface area contributed by atoms with E-state index in [2.05, 4.69) is 30.7 Å². The summed E-state index contributed by atoms with van der Waals surface area (Å²) in [6.07, 6.45) is 7.39. The minimum atomic E-state index is -0.0534. The summed E-state index contributed by atoms with van der Waals surface area (Å²) in [5.74, 6) is 2.48. The fourth-order valence-electron chi connectivity index (χ4n) is 3.49. The molecule has 5 heteroatoms. The van der Waals surface area contributed by atoms with Crippen LogP contribution in [0.15, 0.2) is 12.3 Å². The normalized spacial score (nSPS) is 22.2. The lowest BCUT2D eigenvalue weighted by molar-refractivity contribution is -0.139. The predicted octanol–water partition coefficient (Wildman–Crippen LogP) is 3.00. The Hall–Kier alpha value is -1.65. The van der Waals surface area contributed by atoms with Gasteiger partial charge in [0.2, 0.25) is 5.91 Å². The number of aromatic nitrogens is 2. The van der Waals surface area contributed by atoms with Crippen molar-refractivity contribution in [2.75, 3.05) is 25.0 Å². The van der Waals surface area contributed by atoms with E-state index < -0.39 is 0 Å². The van der Waals surface area contributed by atoms with Gasteiger partial charge in [-0.15, -0.1) is 0 Å². The Morgan fingerprint density at radius 3 is 2.62 bits per heavy atom. The van der Waals surface area contributed by atoms with E-state index in [9.17, 15) is 4.79 Å². The van der Waals surface area contributed by atoms with E-state index in [1.165, 1.54) is 6.42 Å². The Bertz CT molecular complexity index is 591. The van der Waals surface area contributed by atoms with Crippen LogP contribution in [-0.4, -0.2) is 47.0 Å². The molecule has 1 amide bonds. The zero-order valence-corrected chi connectivity index (χ0v) is 15.5. The molecule has 0 spiro atoms. The van der Waals surface area contributed by atoms with Crippen LogP contribution in [0.3, 0.4) is 0 Å². The summed E-state index contributed by atoms with van der Waals surface area (Å²) in [4.78, 5) is 26.1. The first-order valence-corrected chi connectivity index (χ1v) is 9.21. The minimum absolute atomic E-state index is 0.0534. The molecule has 1 aromatic heterocycles. The second-order valence-corrected chi connectivity index (χ2v) is 8.31.